The Balaban J connectivity index is 1.33. The largest absolute Gasteiger partial charge is 0.433 e. The molecule has 9 heteroatoms. The highest BCUT2D eigenvalue weighted by Gasteiger charge is 2.32. The summed E-state index contributed by atoms with van der Waals surface area (Å²) < 4.78 is 38.4. The number of aryl methyl sites for hydroxylation is 1. The predicted molar refractivity (Wildman–Crippen MR) is 124 cm³/mol. The van der Waals surface area contributed by atoms with Crippen molar-refractivity contribution in [2.75, 3.05) is 24.3 Å². The van der Waals surface area contributed by atoms with Gasteiger partial charge in [-0.1, -0.05) is 18.2 Å². The molecule has 1 saturated carbocycles. The molecule has 2 heterocycles. The summed E-state index contributed by atoms with van der Waals surface area (Å²) >= 11 is 0. The molecule has 1 aromatic carbocycles. The van der Waals surface area contributed by atoms with Crippen molar-refractivity contribution in [3.8, 4) is 0 Å². The number of para-hydroxylation sites is 1. The lowest BCUT2D eigenvalue weighted by molar-refractivity contribution is -0.141. The highest BCUT2D eigenvalue weighted by atomic mass is 19.4. The van der Waals surface area contributed by atoms with Crippen LogP contribution in [0.5, 0.6) is 0 Å². The molecule has 0 bridgehead atoms. The van der Waals surface area contributed by atoms with E-state index in [-0.39, 0.29) is 6.04 Å². The van der Waals surface area contributed by atoms with Crippen LogP contribution in [0.2, 0.25) is 0 Å². The lowest BCUT2D eigenvalue weighted by Gasteiger charge is -2.30. The van der Waals surface area contributed by atoms with Crippen molar-refractivity contribution in [3.05, 3.63) is 53.3 Å². The van der Waals surface area contributed by atoms with Crippen LogP contribution >= 0.6 is 0 Å². The van der Waals surface area contributed by atoms with Crippen LogP contribution in [0.1, 0.15) is 42.6 Å². The molecule has 0 aliphatic heterocycles. The van der Waals surface area contributed by atoms with E-state index in [9.17, 15) is 13.2 Å². The molecule has 33 heavy (non-hydrogen) atoms. The highest BCUT2D eigenvalue weighted by molar-refractivity contribution is 5.90. The number of anilines is 2. The molecule has 176 valence electrons. The third-order valence-corrected chi connectivity index (χ3v) is 6.13. The molecular formula is C24H29F3N6. The van der Waals surface area contributed by atoms with Gasteiger partial charge >= 0.3 is 6.18 Å². The molecule has 0 spiro atoms. The average Bonchev–Trinajstić information content (AvgIpc) is 2.78. The van der Waals surface area contributed by atoms with E-state index >= 15 is 0 Å². The smallest absolute Gasteiger partial charge is 0.362 e. The van der Waals surface area contributed by atoms with E-state index in [1.54, 1.807) is 6.92 Å². The second-order valence-electron chi connectivity index (χ2n) is 8.79. The number of benzene rings is 1. The number of hydrogen-bond acceptors (Lipinski definition) is 6. The Morgan fingerprint density at radius 2 is 1.64 bits per heavy atom. The predicted octanol–water partition coefficient (Wildman–Crippen LogP) is 4.93. The van der Waals surface area contributed by atoms with Crippen LogP contribution in [0.3, 0.4) is 0 Å². The van der Waals surface area contributed by atoms with E-state index in [1.165, 1.54) is 6.07 Å². The van der Waals surface area contributed by atoms with E-state index in [0.717, 1.165) is 54.0 Å². The van der Waals surface area contributed by atoms with Crippen LogP contribution in [0.15, 0.2) is 36.4 Å². The van der Waals surface area contributed by atoms with E-state index < -0.39 is 11.9 Å². The number of aromatic nitrogens is 3. The van der Waals surface area contributed by atoms with Crippen molar-refractivity contribution < 1.29 is 13.2 Å². The Hall–Kier alpha value is -2.94. The number of nitrogens with zero attached hydrogens (tertiary/aromatic N) is 4. The second kappa shape index (κ2) is 9.51. The minimum atomic E-state index is -4.41. The van der Waals surface area contributed by atoms with Gasteiger partial charge in [0, 0.05) is 43.8 Å². The maximum absolute atomic E-state index is 12.8. The number of pyridine rings is 1. The Labute approximate surface area is 191 Å². The van der Waals surface area contributed by atoms with Gasteiger partial charge in [-0.05, 0) is 56.4 Å². The van der Waals surface area contributed by atoms with E-state index in [1.807, 2.05) is 43.3 Å². The third kappa shape index (κ3) is 5.52. The first-order valence-electron chi connectivity index (χ1n) is 11.2. The summed E-state index contributed by atoms with van der Waals surface area (Å²) in [5.41, 5.74) is 1.28. The monoisotopic (exact) mass is 458 g/mol. The van der Waals surface area contributed by atoms with Crippen molar-refractivity contribution in [2.24, 2.45) is 0 Å². The van der Waals surface area contributed by atoms with Gasteiger partial charge in [-0.2, -0.15) is 18.2 Å². The minimum Gasteiger partial charge on any atom is -0.362 e. The van der Waals surface area contributed by atoms with E-state index in [0.29, 0.717) is 24.2 Å². The molecule has 2 aromatic heterocycles. The molecule has 1 fully saturated rings. The van der Waals surface area contributed by atoms with Crippen molar-refractivity contribution in [1.29, 1.82) is 0 Å². The average molecular weight is 459 g/mol. The number of nitrogens with one attached hydrogen (secondary N) is 2. The molecule has 3 aromatic rings. The van der Waals surface area contributed by atoms with Gasteiger partial charge in [0.2, 0.25) is 5.95 Å². The fourth-order valence-electron chi connectivity index (χ4n) is 4.28. The summed E-state index contributed by atoms with van der Waals surface area (Å²) in [4.78, 5) is 15.1. The molecule has 0 atom stereocenters. The molecular weight excluding hydrogens is 429 g/mol. The van der Waals surface area contributed by atoms with Gasteiger partial charge in [-0.3, -0.25) is 0 Å². The lowest BCUT2D eigenvalue weighted by atomic mass is 9.91. The van der Waals surface area contributed by atoms with Crippen molar-refractivity contribution in [1.82, 2.24) is 20.3 Å². The fraction of sp³-hybridized carbons (Fsp3) is 0.458. The van der Waals surface area contributed by atoms with Crippen molar-refractivity contribution in [3.63, 3.8) is 0 Å². The number of hydrogen-bond donors (Lipinski definition) is 2. The van der Waals surface area contributed by atoms with Gasteiger partial charge in [0.25, 0.3) is 0 Å². The zero-order chi connectivity index (χ0) is 23.6. The van der Waals surface area contributed by atoms with Gasteiger partial charge in [0.15, 0.2) is 0 Å². The number of halogens is 3. The normalized spacial score (nSPS) is 19.0. The second-order valence-corrected chi connectivity index (χ2v) is 8.79. The topological polar surface area (TPSA) is 66.0 Å². The van der Waals surface area contributed by atoms with Crippen molar-refractivity contribution >= 4 is 22.7 Å². The SMILES string of the molecule is Cc1nc(C(F)(F)F)ccc1CNC1CCC(Nc2nc(N(C)C)c3ccccc3n2)CC1. The first kappa shape index (κ1) is 23.2. The standard InChI is InChI=1S/C24H29F3N6/c1-15-16(8-13-21(29-15)24(25,26)27)14-28-17-9-11-18(12-10-17)30-23-31-20-7-5-4-6-19(20)22(32-23)33(2)3/h4-8,13,17-18,28H,9-12,14H2,1-3H3,(H,30,31,32). The van der Waals surface area contributed by atoms with Crippen LogP contribution in [0, 0.1) is 6.92 Å². The molecule has 4 rings (SSSR count). The van der Waals surface area contributed by atoms with Gasteiger partial charge in [0.05, 0.1) is 5.52 Å². The van der Waals surface area contributed by atoms with Crippen LogP contribution in [-0.4, -0.2) is 41.1 Å². The van der Waals surface area contributed by atoms with Crippen LogP contribution < -0.4 is 15.5 Å². The Kier molecular flexibility index (Phi) is 6.69. The van der Waals surface area contributed by atoms with Gasteiger partial charge in [-0.15, -0.1) is 0 Å². The van der Waals surface area contributed by atoms with E-state index in [2.05, 4.69) is 20.6 Å². The molecule has 2 N–H and O–H groups in total. The van der Waals surface area contributed by atoms with E-state index in [4.69, 9.17) is 4.98 Å². The Morgan fingerprint density at radius 3 is 2.30 bits per heavy atom. The zero-order valence-corrected chi connectivity index (χ0v) is 19.1. The third-order valence-electron chi connectivity index (χ3n) is 6.13. The molecule has 1 aliphatic carbocycles. The maximum atomic E-state index is 12.8. The molecule has 1 aliphatic rings. The summed E-state index contributed by atoms with van der Waals surface area (Å²) in [7, 11) is 3.95. The quantitative estimate of drug-likeness (QED) is 0.546. The highest BCUT2D eigenvalue weighted by Crippen LogP contribution is 2.29. The maximum Gasteiger partial charge on any atom is 0.433 e. The summed E-state index contributed by atoms with van der Waals surface area (Å²) in [6.45, 7) is 2.14. The summed E-state index contributed by atoms with van der Waals surface area (Å²) in [6, 6.07) is 11.2. The minimum absolute atomic E-state index is 0.286. The Bertz CT molecular complexity index is 1110. The summed E-state index contributed by atoms with van der Waals surface area (Å²) in [6.07, 6.45) is -0.535. The van der Waals surface area contributed by atoms with Crippen LogP contribution in [-0.2, 0) is 12.7 Å². The molecule has 0 unspecified atom stereocenters. The summed E-state index contributed by atoms with van der Waals surface area (Å²) in [5.74, 6) is 1.53. The summed E-state index contributed by atoms with van der Waals surface area (Å²) in [5, 5.41) is 8.00. The number of fused-ring (bicyclic) bond motifs is 1. The first-order valence-corrected chi connectivity index (χ1v) is 11.2. The molecule has 0 amide bonds. The van der Waals surface area contributed by atoms with Gasteiger partial charge in [-0.25, -0.2) is 9.97 Å². The molecule has 0 saturated heterocycles. The Morgan fingerprint density at radius 1 is 0.939 bits per heavy atom. The lowest BCUT2D eigenvalue weighted by Crippen LogP contribution is -2.37. The molecule has 6 nitrogen and oxygen atoms in total. The van der Waals surface area contributed by atoms with Crippen LogP contribution in [0.25, 0.3) is 10.9 Å². The van der Waals surface area contributed by atoms with Crippen molar-refractivity contribution in [2.45, 2.75) is 57.4 Å². The fourth-order valence-corrected chi connectivity index (χ4v) is 4.28. The number of alkyl halides is 3. The molecule has 0 radical (unpaired) electrons. The zero-order valence-electron chi connectivity index (χ0n) is 19.1. The van der Waals surface area contributed by atoms with Gasteiger partial charge in [0.1, 0.15) is 11.5 Å². The number of rotatable bonds is 6. The van der Waals surface area contributed by atoms with Gasteiger partial charge < -0.3 is 15.5 Å². The first-order chi connectivity index (χ1) is 15.7. The van der Waals surface area contributed by atoms with Crippen LogP contribution in [0.4, 0.5) is 24.9 Å².